The van der Waals surface area contributed by atoms with E-state index in [2.05, 4.69) is 32.6 Å². The molecule has 21 heavy (non-hydrogen) atoms. The van der Waals surface area contributed by atoms with Crippen molar-refractivity contribution in [3.8, 4) is 11.5 Å². The zero-order chi connectivity index (χ0) is 15.3. The van der Waals surface area contributed by atoms with Gasteiger partial charge >= 0.3 is 0 Å². The molecule has 0 aliphatic carbocycles. The summed E-state index contributed by atoms with van der Waals surface area (Å²) in [7, 11) is 0. The highest BCUT2D eigenvalue weighted by Crippen LogP contribution is 2.45. The van der Waals surface area contributed by atoms with Gasteiger partial charge in [-0.3, -0.25) is 4.90 Å². The summed E-state index contributed by atoms with van der Waals surface area (Å²) in [6.07, 6.45) is 3.50. The number of piperidine rings is 1. The van der Waals surface area contributed by atoms with Gasteiger partial charge in [0.15, 0.2) is 0 Å². The zero-order valence-electron chi connectivity index (χ0n) is 13.6. The number of hydrogen-bond acceptors (Lipinski definition) is 3. The summed E-state index contributed by atoms with van der Waals surface area (Å²) in [6, 6.07) is 5.98. The summed E-state index contributed by atoms with van der Waals surface area (Å²) >= 11 is 0. The van der Waals surface area contributed by atoms with Crippen LogP contribution in [0.15, 0.2) is 18.2 Å². The third-order valence-electron chi connectivity index (χ3n) is 5.02. The lowest BCUT2D eigenvalue weighted by molar-refractivity contribution is 0.00970. The average Bonchev–Trinajstić information content (AvgIpc) is 2.36. The molecule has 1 aromatic rings. The number of fused-ring (bicyclic) bond motifs is 1. The molecule has 0 spiro atoms. The molecule has 0 aromatic heterocycles. The van der Waals surface area contributed by atoms with Crippen molar-refractivity contribution in [2.24, 2.45) is 5.41 Å². The summed E-state index contributed by atoms with van der Waals surface area (Å²) in [4.78, 5) is 2.60. The first-order valence-corrected chi connectivity index (χ1v) is 8.02. The molecule has 3 rings (SSSR count). The monoisotopic (exact) mass is 289 g/mol. The molecule has 0 amide bonds. The lowest BCUT2D eigenvalue weighted by Crippen LogP contribution is -2.45. The third-order valence-corrected chi connectivity index (χ3v) is 5.02. The van der Waals surface area contributed by atoms with E-state index in [-0.39, 0.29) is 11.4 Å². The minimum Gasteiger partial charge on any atom is -0.508 e. The van der Waals surface area contributed by atoms with E-state index in [1.807, 2.05) is 6.07 Å². The van der Waals surface area contributed by atoms with Gasteiger partial charge in [0, 0.05) is 24.1 Å². The smallest absolute Gasteiger partial charge is 0.128 e. The van der Waals surface area contributed by atoms with Crippen molar-refractivity contribution in [1.82, 2.24) is 4.90 Å². The van der Waals surface area contributed by atoms with Crippen LogP contribution in [0.25, 0.3) is 0 Å². The fourth-order valence-electron chi connectivity index (χ4n) is 3.57. The number of likely N-dealkylation sites (tertiary alicyclic amines) is 1. The van der Waals surface area contributed by atoms with Gasteiger partial charge < -0.3 is 9.84 Å². The van der Waals surface area contributed by atoms with Crippen LogP contribution in [0, 0.1) is 5.41 Å². The molecular formula is C18H27NO2. The summed E-state index contributed by atoms with van der Waals surface area (Å²) in [6.45, 7) is 11.3. The van der Waals surface area contributed by atoms with E-state index in [4.69, 9.17) is 4.74 Å². The van der Waals surface area contributed by atoms with Crippen LogP contribution in [-0.2, 0) is 0 Å². The number of phenols is 1. The Labute approximate surface area is 127 Å². The lowest BCUT2D eigenvalue weighted by Gasteiger charge is -2.46. The number of benzene rings is 1. The topological polar surface area (TPSA) is 32.7 Å². The largest absolute Gasteiger partial charge is 0.508 e. The summed E-state index contributed by atoms with van der Waals surface area (Å²) in [5.74, 6) is 1.13. The number of nitrogens with zero attached hydrogens (tertiary/aromatic N) is 1. The van der Waals surface area contributed by atoms with Crippen molar-refractivity contribution in [2.45, 2.75) is 58.6 Å². The Hall–Kier alpha value is -1.22. The molecule has 2 aliphatic rings. The maximum atomic E-state index is 9.73. The molecule has 1 saturated heterocycles. The molecule has 2 aliphatic heterocycles. The Morgan fingerprint density at radius 1 is 1.14 bits per heavy atom. The van der Waals surface area contributed by atoms with E-state index in [0.717, 1.165) is 25.3 Å². The molecule has 0 bridgehead atoms. The second-order valence-corrected chi connectivity index (χ2v) is 8.00. The standard InChI is InChI=1S/C18H27NO2/c1-17(2)7-9-19(10-8-17)15-12-18(3,4)21-16-11-13(20)5-6-14(15)16/h5-6,11,15,20H,7-10,12H2,1-4H3. The first kappa shape index (κ1) is 14.7. The molecule has 116 valence electrons. The Kier molecular flexibility index (Phi) is 3.44. The van der Waals surface area contributed by atoms with Crippen molar-refractivity contribution < 1.29 is 9.84 Å². The van der Waals surface area contributed by atoms with Gasteiger partial charge in [0.25, 0.3) is 0 Å². The molecule has 2 heterocycles. The van der Waals surface area contributed by atoms with Crippen LogP contribution in [0.1, 0.15) is 58.6 Å². The van der Waals surface area contributed by atoms with Gasteiger partial charge in [-0.2, -0.15) is 0 Å². The van der Waals surface area contributed by atoms with Crippen molar-refractivity contribution in [2.75, 3.05) is 13.1 Å². The van der Waals surface area contributed by atoms with Crippen LogP contribution in [0.2, 0.25) is 0 Å². The summed E-state index contributed by atoms with van der Waals surface area (Å²) in [5, 5.41) is 9.73. The molecule has 1 unspecified atom stereocenters. The molecule has 0 radical (unpaired) electrons. The number of hydrogen-bond donors (Lipinski definition) is 1. The van der Waals surface area contributed by atoms with E-state index in [1.165, 1.54) is 18.4 Å². The minimum absolute atomic E-state index is 0.182. The van der Waals surface area contributed by atoms with E-state index < -0.39 is 0 Å². The van der Waals surface area contributed by atoms with Gasteiger partial charge in [0.1, 0.15) is 17.1 Å². The van der Waals surface area contributed by atoms with Crippen molar-refractivity contribution in [3.05, 3.63) is 23.8 Å². The highest BCUT2D eigenvalue weighted by Gasteiger charge is 2.39. The zero-order valence-corrected chi connectivity index (χ0v) is 13.6. The van der Waals surface area contributed by atoms with Crippen molar-refractivity contribution >= 4 is 0 Å². The Morgan fingerprint density at radius 3 is 2.48 bits per heavy atom. The number of phenolic OH excluding ortho intramolecular Hbond substituents is 1. The van der Waals surface area contributed by atoms with Crippen LogP contribution < -0.4 is 4.74 Å². The highest BCUT2D eigenvalue weighted by atomic mass is 16.5. The average molecular weight is 289 g/mol. The highest BCUT2D eigenvalue weighted by molar-refractivity contribution is 5.44. The van der Waals surface area contributed by atoms with Crippen LogP contribution in [-0.4, -0.2) is 28.7 Å². The third kappa shape index (κ3) is 3.03. The van der Waals surface area contributed by atoms with Crippen LogP contribution in [0.5, 0.6) is 11.5 Å². The van der Waals surface area contributed by atoms with Crippen LogP contribution >= 0.6 is 0 Å². The second kappa shape index (κ2) is 4.91. The number of rotatable bonds is 1. The van der Waals surface area contributed by atoms with Crippen molar-refractivity contribution in [1.29, 1.82) is 0 Å². The summed E-state index contributed by atoms with van der Waals surface area (Å²) < 4.78 is 6.08. The predicted octanol–water partition coefficient (Wildman–Crippen LogP) is 4.12. The maximum Gasteiger partial charge on any atom is 0.128 e. The Balaban J connectivity index is 1.89. The number of ether oxygens (including phenoxy) is 1. The molecular weight excluding hydrogens is 262 g/mol. The van der Waals surface area contributed by atoms with E-state index in [9.17, 15) is 5.11 Å². The molecule has 1 N–H and O–H groups in total. The van der Waals surface area contributed by atoms with Crippen molar-refractivity contribution in [3.63, 3.8) is 0 Å². The fourth-order valence-corrected chi connectivity index (χ4v) is 3.57. The van der Waals surface area contributed by atoms with E-state index in [1.54, 1.807) is 12.1 Å². The lowest BCUT2D eigenvalue weighted by atomic mass is 9.80. The van der Waals surface area contributed by atoms with E-state index in [0.29, 0.717) is 11.5 Å². The van der Waals surface area contributed by atoms with Gasteiger partial charge in [-0.1, -0.05) is 19.9 Å². The Bertz CT molecular complexity index is 526. The molecule has 3 nitrogen and oxygen atoms in total. The minimum atomic E-state index is -0.182. The molecule has 0 saturated carbocycles. The van der Waals surface area contributed by atoms with Crippen LogP contribution in [0.3, 0.4) is 0 Å². The molecule has 1 fully saturated rings. The van der Waals surface area contributed by atoms with Gasteiger partial charge in [-0.15, -0.1) is 0 Å². The fraction of sp³-hybridized carbons (Fsp3) is 0.667. The molecule has 1 atom stereocenters. The molecule has 3 heteroatoms. The van der Waals surface area contributed by atoms with Gasteiger partial charge in [-0.05, 0) is 51.3 Å². The quantitative estimate of drug-likeness (QED) is 0.844. The van der Waals surface area contributed by atoms with E-state index >= 15 is 0 Å². The second-order valence-electron chi connectivity index (χ2n) is 8.00. The normalized spacial score (nSPS) is 27.7. The SMILES string of the molecule is CC1(C)CCN(C2CC(C)(C)Oc3cc(O)ccc32)CC1. The van der Waals surface area contributed by atoms with Gasteiger partial charge in [-0.25, -0.2) is 0 Å². The first-order chi connectivity index (χ1) is 9.76. The first-order valence-electron chi connectivity index (χ1n) is 8.02. The van der Waals surface area contributed by atoms with Gasteiger partial charge in [0.05, 0.1) is 0 Å². The van der Waals surface area contributed by atoms with Gasteiger partial charge in [0.2, 0.25) is 0 Å². The maximum absolute atomic E-state index is 9.73. The number of aromatic hydroxyl groups is 1. The predicted molar refractivity (Wildman–Crippen MR) is 84.8 cm³/mol. The summed E-state index contributed by atoms with van der Waals surface area (Å²) in [5.41, 5.74) is 1.51. The molecule has 1 aromatic carbocycles. The Morgan fingerprint density at radius 2 is 1.81 bits per heavy atom. The van der Waals surface area contributed by atoms with Crippen LogP contribution in [0.4, 0.5) is 0 Å².